The molecule has 1 atom stereocenters. The van der Waals surface area contributed by atoms with Gasteiger partial charge >= 0.3 is 12.1 Å². The number of carbonyl (C=O) groups is 2. The highest BCUT2D eigenvalue weighted by Gasteiger charge is 2.19. The molecule has 17 heavy (non-hydrogen) atoms. The van der Waals surface area contributed by atoms with E-state index in [1.54, 1.807) is 11.8 Å². The smallest absolute Gasteiger partial charge is 0.410 e. The van der Waals surface area contributed by atoms with Crippen LogP contribution in [0.1, 0.15) is 6.92 Å². The molecule has 0 spiro atoms. The largest absolute Gasteiger partial charge is 0.456 e. The van der Waals surface area contributed by atoms with E-state index in [2.05, 4.69) is 6.58 Å². The Bertz CT molecular complexity index is 286. The van der Waals surface area contributed by atoms with Crippen LogP contribution in [0.4, 0.5) is 4.79 Å². The first-order valence-electron chi connectivity index (χ1n) is 5.46. The Morgan fingerprint density at radius 3 is 2.71 bits per heavy atom. The summed E-state index contributed by atoms with van der Waals surface area (Å²) < 4.78 is 15.0. The van der Waals surface area contributed by atoms with Crippen molar-refractivity contribution in [3.05, 3.63) is 12.7 Å². The lowest BCUT2D eigenvalue weighted by atomic mass is 10.4. The van der Waals surface area contributed by atoms with Gasteiger partial charge in [-0.1, -0.05) is 6.58 Å². The van der Waals surface area contributed by atoms with Crippen molar-refractivity contribution in [2.75, 3.05) is 32.9 Å². The van der Waals surface area contributed by atoms with Crippen molar-refractivity contribution in [1.29, 1.82) is 0 Å². The van der Waals surface area contributed by atoms with Crippen LogP contribution in [0.3, 0.4) is 0 Å². The van der Waals surface area contributed by atoms with Crippen molar-refractivity contribution in [3.63, 3.8) is 0 Å². The van der Waals surface area contributed by atoms with Crippen molar-refractivity contribution in [2.45, 2.75) is 13.0 Å². The normalized spacial score (nSPS) is 17.1. The molecule has 0 aromatic heterocycles. The van der Waals surface area contributed by atoms with Crippen molar-refractivity contribution >= 4 is 12.1 Å². The minimum atomic E-state index is -0.528. The van der Waals surface area contributed by atoms with Gasteiger partial charge in [-0.05, 0) is 6.92 Å². The van der Waals surface area contributed by atoms with Crippen LogP contribution in [0.2, 0.25) is 0 Å². The third-order valence-corrected chi connectivity index (χ3v) is 2.19. The molecular formula is C11H17NO5. The number of rotatable bonds is 4. The quantitative estimate of drug-likeness (QED) is 0.533. The van der Waals surface area contributed by atoms with Gasteiger partial charge in [-0.25, -0.2) is 9.59 Å². The number of hydrogen-bond acceptors (Lipinski definition) is 5. The Hall–Kier alpha value is -1.56. The van der Waals surface area contributed by atoms with Gasteiger partial charge in [-0.3, -0.25) is 0 Å². The predicted octanol–water partition coefficient (Wildman–Crippen LogP) is 0.573. The second kappa shape index (κ2) is 6.90. The zero-order valence-electron chi connectivity index (χ0n) is 9.89. The Balaban J connectivity index is 2.22. The zero-order chi connectivity index (χ0) is 12.7. The molecular weight excluding hydrogens is 226 g/mol. The monoisotopic (exact) mass is 243 g/mol. The molecule has 1 fully saturated rings. The summed E-state index contributed by atoms with van der Waals surface area (Å²) in [5.41, 5.74) is 0. The third kappa shape index (κ3) is 4.86. The highest BCUT2D eigenvalue weighted by molar-refractivity contribution is 5.81. The molecule has 0 aliphatic carbocycles. The molecule has 1 aliphatic heterocycles. The van der Waals surface area contributed by atoms with E-state index >= 15 is 0 Å². The summed E-state index contributed by atoms with van der Waals surface area (Å²) in [6.07, 6.45) is 0.181. The van der Waals surface area contributed by atoms with Gasteiger partial charge in [-0.2, -0.15) is 0 Å². The van der Waals surface area contributed by atoms with E-state index in [-0.39, 0.29) is 6.61 Å². The fraction of sp³-hybridized carbons (Fsp3) is 0.636. The highest BCUT2D eigenvalue weighted by Crippen LogP contribution is 2.01. The molecule has 0 N–H and O–H groups in total. The van der Waals surface area contributed by atoms with Gasteiger partial charge in [0.2, 0.25) is 0 Å². The molecule has 1 unspecified atom stereocenters. The van der Waals surface area contributed by atoms with Crippen LogP contribution in [0.15, 0.2) is 12.7 Å². The molecule has 0 radical (unpaired) electrons. The van der Waals surface area contributed by atoms with Crippen LogP contribution in [-0.2, 0) is 19.0 Å². The number of esters is 1. The number of morpholine rings is 1. The van der Waals surface area contributed by atoms with Gasteiger partial charge in [0.25, 0.3) is 0 Å². The molecule has 1 rings (SSSR count). The van der Waals surface area contributed by atoms with Crippen LogP contribution in [-0.4, -0.2) is 56.0 Å². The SMILES string of the molecule is C=CC(=O)OC(C)COC(=O)N1CCOCC1. The number of hydrogen-bond donors (Lipinski definition) is 0. The van der Waals surface area contributed by atoms with E-state index in [1.165, 1.54) is 0 Å². The molecule has 1 heterocycles. The van der Waals surface area contributed by atoms with Gasteiger partial charge < -0.3 is 19.1 Å². The maximum absolute atomic E-state index is 11.5. The summed E-state index contributed by atoms with van der Waals surface area (Å²) in [7, 11) is 0. The van der Waals surface area contributed by atoms with E-state index in [4.69, 9.17) is 14.2 Å². The van der Waals surface area contributed by atoms with Crippen LogP contribution < -0.4 is 0 Å². The topological polar surface area (TPSA) is 65.1 Å². The molecule has 0 saturated carbocycles. The second-order valence-electron chi connectivity index (χ2n) is 3.63. The maximum Gasteiger partial charge on any atom is 0.410 e. The number of amides is 1. The zero-order valence-corrected chi connectivity index (χ0v) is 9.89. The average Bonchev–Trinajstić information content (AvgIpc) is 2.36. The lowest BCUT2D eigenvalue weighted by molar-refractivity contribution is -0.144. The average molecular weight is 243 g/mol. The summed E-state index contributed by atoms with van der Waals surface area (Å²) in [6.45, 7) is 7.06. The maximum atomic E-state index is 11.5. The Morgan fingerprint density at radius 2 is 2.12 bits per heavy atom. The molecule has 1 saturated heterocycles. The number of ether oxygens (including phenoxy) is 3. The van der Waals surface area contributed by atoms with Gasteiger partial charge in [-0.15, -0.1) is 0 Å². The van der Waals surface area contributed by atoms with Crippen molar-refractivity contribution in [2.24, 2.45) is 0 Å². The highest BCUT2D eigenvalue weighted by atomic mass is 16.6. The lowest BCUT2D eigenvalue weighted by Crippen LogP contribution is -2.41. The second-order valence-corrected chi connectivity index (χ2v) is 3.63. The van der Waals surface area contributed by atoms with Gasteiger partial charge in [0, 0.05) is 19.2 Å². The first-order valence-corrected chi connectivity index (χ1v) is 5.46. The minimum Gasteiger partial charge on any atom is -0.456 e. The van der Waals surface area contributed by atoms with E-state index < -0.39 is 18.2 Å². The molecule has 96 valence electrons. The van der Waals surface area contributed by atoms with E-state index in [9.17, 15) is 9.59 Å². The van der Waals surface area contributed by atoms with Gasteiger partial charge in [0.05, 0.1) is 13.2 Å². The molecule has 1 amide bonds. The van der Waals surface area contributed by atoms with Crippen molar-refractivity contribution in [1.82, 2.24) is 4.90 Å². The standard InChI is InChI=1S/C11H17NO5/c1-3-10(13)17-9(2)8-16-11(14)12-4-6-15-7-5-12/h3,9H,1,4-8H2,2H3. The Labute approximate surface area is 100 Å². The Morgan fingerprint density at radius 1 is 1.47 bits per heavy atom. The Kier molecular flexibility index (Phi) is 5.48. The molecule has 1 aliphatic rings. The fourth-order valence-corrected chi connectivity index (χ4v) is 1.31. The van der Waals surface area contributed by atoms with Crippen LogP contribution >= 0.6 is 0 Å². The van der Waals surface area contributed by atoms with Crippen molar-refractivity contribution in [3.8, 4) is 0 Å². The molecule has 6 nitrogen and oxygen atoms in total. The first-order chi connectivity index (χ1) is 8.13. The van der Waals surface area contributed by atoms with Crippen LogP contribution in [0.25, 0.3) is 0 Å². The number of carbonyl (C=O) groups excluding carboxylic acids is 2. The summed E-state index contributed by atoms with van der Waals surface area (Å²) in [5.74, 6) is -0.528. The molecule has 0 aromatic rings. The predicted molar refractivity (Wildman–Crippen MR) is 59.5 cm³/mol. The number of nitrogens with zero attached hydrogens (tertiary/aromatic N) is 1. The van der Waals surface area contributed by atoms with Crippen LogP contribution in [0, 0.1) is 0 Å². The van der Waals surface area contributed by atoms with E-state index in [0.29, 0.717) is 26.3 Å². The lowest BCUT2D eigenvalue weighted by Gasteiger charge is -2.26. The minimum absolute atomic E-state index is 0.0375. The summed E-state index contributed by atoms with van der Waals surface area (Å²) in [6, 6.07) is 0. The third-order valence-electron chi connectivity index (χ3n) is 2.19. The summed E-state index contributed by atoms with van der Waals surface area (Å²) in [5, 5.41) is 0. The summed E-state index contributed by atoms with van der Waals surface area (Å²) >= 11 is 0. The fourth-order valence-electron chi connectivity index (χ4n) is 1.31. The molecule has 0 bridgehead atoms. The molecule has 6 heteroatoms. The first kappa shape index (κ1) is 13.5. The van der Waals surface area contributed by atoms with Crippen LogP contribution in [0.5, 0.6) is 0 Å². The van der Waals surface area contributed by atoms with Crippen molar-refractivity contribution < 1.29 is 23.8 Å². The van der Waals surface area contributed by atoms with Gasteiger partial charge in [0.15, 0.2) is 0 Å². The van der Waals surface area contributed by atoms with Gasteiger partial charge in [0.1, 0.15) is 12.7 Å². The van der Waals surface area contributed by atoms with E-state index in [0.717, 1.165) is 6.08 Å². The molecule has 0 aromatic carbocycles. The summed E-state index contributed by atoms with van der Waals surface area (Å²) in [4.78, 5) is 24.0. The van der Waals surface area contributed by atoms with E-state index in [1.807, 2.05) is 0 Å².